The van der Waals surface area contributed by atoms with Crippen LogP contribution in [0.15, 0.2) is 28.7 Å². The standard InChI is InChI=1S/C15H20BrNO2/c1-11(2)17(9-10-18)14(19)15(7-8-15)12-3-5-13(16)6-4-12/h3-6,11,18H,7-10H2,1-2H3. The average Bonchev–Trinajstić information content (AvgIpc) is 3.17. The molecule has 0 aromatic heterocycles. The molecule has 19 heavy (non-hydrogen) atoms. The molecule has 1 fully saturated rings. The molecule has 1 amide bonds. The number of hydrogen-bond acceptors (Lipinski definition) is 2. The lowest BCUT2D eigenvalue weighted by molar-refractivity contribution is -0.136. The van der Waals surface area contributed by atoms with Crippen molar-refractivity contribution in [2.45, 2.75) is 38.1 Å². The van der Waals surface area contributed by atoms with Gasteiger partial charge in [0.25, 0.3) is 0 Å². The van der Waals surface area contributed by atoms with Crippen molar-refractivity contribution in [1.29, 1.82) is 0 Å². The number of aliphatic hydroxyl groups is 1. The van der Waals surface area contributed by atoms with Crippen LogP contribution >= 0.6 is 15.9 Å². The zero-order chi connectivity index (χ0) is 14.0. The second-order valence-corrected chi connectivity index (χ2v) is 6.32. The SMILES string of the molecule is CC(C)N(CCO)C(=O)C1(c2ccc(Br)cc2)CC1. The summed E-state index contributed by atoms with van der Waals surface area (Å²) >= 11 is 3.42. The first-order chi connectivity index (χ1) is 9.01. The van der Waals surface area contributed by atoms with Gasteiger partial charge in [-0.1, -0.05) is 28.1 Å². The van der Waals surface area contributed by atoms with Crippen LogP contribution in [-0.2, 0) is 10.2 Å². The fourth-order valence-corrected chi connectivity index (χ4v) is 2.76. The Morgan fingerprint density at radius 1 is 1.37 bits per heavy atom. The number of halogens is 1. The molecule has 1 saturated carbocycles. The molecule has 1 N–H and O–H groups in total. The highest BCUT2D eigenvalue weighted by molar-refractivity contribution is 9.10. The van der Waals surface area contributed by atoms with Gasteiger partial charge in [0.1, 0.15) is 0 Å². The van der Waals surface area contributed by atoms with E-state index in [1.807, 2.05) is 38.1 Å². The van der Waals surface area contributed by atoms with Crippen molar-refractivity contribution in [1.82, 2.24) is 4.90 Å². The molecule has 0 unspecified atom stereocenters. The van der Waals surface area contributed by atoms with Crippen LogP contribution in [0.2, 0.25) is 0 Å². The van der Waals surface area contributed by atoms with Gasteiger partial charge in [0, 0.05) is 17.1 Å². The lowest BCUT2D eigenvalue weighted by Crippen LogP contribution is -2.44. The summed E-state index contributed by atoms with van der Waals surface area (Å²) in [5.74, 6) is 0.152. The van der Waals surface area contributed by atoms with Gasteiger partial charge in [0.2, 0.25) is 5.91 Å². The van der Waals surface area contributed by atoms with E-state index in [-0.39, 0.29) is 24.0 Å². The molecule has 0 heterocycles. The predicted octanol–water partition coefficient (Wildman–Crippen LogP) is 2.71. The summed E-state index contributed by atoms with van der Waals surface area (Å²) in [6.07, 6.45) is 1.81. The monoisotopic (exact) mass is 325 g/mol. The van der Waals surface area contributed by atoms with Crippen LogP contribution in [0.1, 0.15) is 32.3 Å². The van der Waals surface area contributed by atoms with Crippen LogP contribution in [0.3, 0.4) is 0 Å². The first-order valence-corrected chi connectivity index (χ1v) is 7.48. The summed E-state index contributed by atoms with van der Waals surface area (Å²) in [6, 6.07) is 8.12. The Bertz CT molecular complexity index is 452. The van der Waals surface area contributed by atoms with Gasteiger partial charge in [0.15, 0.2) is 0 Å². The minimum Gasteiger partial charge on any atom is -0.395 e. The van der Waals surface area contributed by atoms with Gasteiger partial charge in [-0.05, 0) is 44.4 Å². The highest BCUT2D eigenvalue weighted by atomic mass is 79.9. The minimum absolute atomic E-state index is 0.0142. The molecule has 104 valence electrons. The third kappa shape index (κ3) is 2.84. The Morgan fingerprint density at radius 2 is 1.95 bits per heavy atom. The number of amides is 1. The van der Waals surface area contributed by atoms with Crippen molar-refractivity contribution in [2.24, 2.45) is 0 Å². The first kappa shape index (κ1) is 14.5. The molecule has 4 heteroatoms. The molecule has 1 aliphatic carbocycles. The lowest BCUT2D eigenvalue weighted by atomic mass is 9.94. The summed E-state index contributed by atoms with van der Waals surface area (Å²) in [5, 5.41) is 9.13. The van der Waals surface area contributed by atoms with Gasteiger partial charge in [0.05, 0.1) is 12.0 Å². The number of aliphatic hydroxyl groups excluding tert-OH is 1. The predicted molar refractivity (Wildman–Crippen MR) is 79.0 cm³/mol. The van der Waals surface area contributed by atoms with Crippen LogP contribution in [0.4, 0.5) is 0 Å². The van der Waals surface area contributed by atoms with Crippen molar-refractivity contribution in [2.75, 3.05) is 13.2 Å². The second kappa shape index (κ2) is 5.63. The third-order valence-electron chi connectivity index (χ3n) is 3.78. The summed E-state index contributed by atoms with van der Waals surface area (Å²) in [4.78, 5) is 14.5. The van der Waals surface area contributed by atoms with Gasteiger partial charge >= 0.3 is 0 Å². The molecule has 1 aromatic rings. The number of rotatable bonds is 5. The highest BCUT2D eigenvalue weighted by Gasteiger charge is 2.53. The van der Waals surface area contributed by atoms with Crippen molar-refractivity contribution >= 4 is 21.8 Å². The van der Waals surface area contributed by atoms with Gasteiger partial charge < -0.3 is 10.0 Å². The smallest absolute Gasteiger partial charge is 0.233 e. The average molecular weight is 326 g/mol. The van der Waals surface area contributed by atoms with E-state index in [0.29, 0.717) is 6.54 Å². The summed E-state index contributed by atoms with van der Waals surface area (Å²) in [6.45, 7) is 4.41. The Labute approximate surface area is 122 Å². The molecule has 0 atom stereocenters. The number of carbonyl (C=O) groups is 1. The molecule has 0 bridgehead atoms. The molecule has 2 rings (SSSR count). The maximum Gasteiger partial charge on any atom is 0.233 e. The van der Waals surface area contributed by atoms with E-state index in [4.69, 9.17) is 5.11 Å². The lowest BCUT2D eigenvalue weighted by Gasteiger charge is -2.30. The van der Waals surface area contributed by atoms with Gasteiger partial charge in [-0.2, -0.15) is 0 Å². The minimum atomic E-state index is -0.347. The van der Waals surface area contributed by atoms with Crippen LogP contribution in [0, 0.1) is 0 Å². The zero-order valence-electron chi connectivity index (χ0n) is 11.4. The second-order valence-electron chi connectivity index (χ2n) is 5.40. The van der Waals surface area contributed by atoms with E-state index in [1.54, 1.807) is 4.90 Å². The maximum atomic E-state index is 12.7. The Balaban J connectivity index is 2.24. The van der Waals surface area contributed by atoms with Gasteiger partial charge in [-0.3, -0.25) is 4.79 Å². The number of carbonyl (C=O) groups excluding carboxylic acids is 1. The number of hydrogen-bond donors (Lipinski definition) is 1. The van der Waals surface area contributed by atoms with E-state index in [2.05, 4.69) is 15.9 Å². The number of benzene rings is 1. The molecule has 3 nitrogen and oxygen atoms in total. The van der Waals surface area contributed by atoms with Crippen molar-refractivity contribution in [3.05, 3.63) is 34.3 Å². The molecule has 0 spiro atoms. The fourth-order valence-electron chi connectivity index (χ4n) is 2.50. The third-order valence-corrected chi connectivity index (χ3v) is 4.31. The van der Waals surface area contributed by atoms with E-state index >= 15 is 0 Å². The Hall–Kier alpha value is -0.870. The Morgan fingerprint density at radius 3 is 2.37 bits per heavy atom. The van der Waals surface area contributed by atoms with Crippen LogP contribution in [0.25, 0.3) is 0 Å². The van der Waals surface area contributed by atoms with E-state index in [9.17, 15) is 4.79 Å². The van der Waals surface area contributed by atoms with E-state index < -0.39 is 0 Å². The van der Waals surface area contributed by atoms with Crippen LogP contribution in [0.5, 0.6) is 0 Å². The van der Waals surface area contributed by atoms with Crippen molar-refractivity contribution in [3.63, 3.8) is 0 Å². The van der Waals surface area contributed by atoms with Gasteiger partial charge in [-0.25, -0.2) is 0 Å². The number of nitrogens with zero attached hydrogens (tertiary/aromatic N) is 1. The summed E-state index contributed by atoms with van der Waals surface area (Å²) in [5.41, 5.74) is 0.740. The van der Waals surface area contributed by atoms with Crippen molar-refractivity contribution < 1.29 is 9.90 Å². The first-order valence-electron chi connectivity index (χ1n) is 6.69. The fraction of sp³-hybridized carbons (Fsp3) is 0.533. The topological polar surface area (TPSA) is 40.5 Å². The molecule has 0 saturated heterocycles. The summed E-state index contributed by atoms with van der Waals surface area (Å²) in [7, 11) is 0. The normalized spacial score (nSPS) is 16.5. The maximum absolute atomic E-state index is 12.7. The van der Waals surface area contributed by atoms with Crippen LogP contribution < -0.4 is 0 Å². The molecular weight excluding hydrogens is 306 g/mol. The quantitative estimate of drug-likeness (QED) is 0.904. The van der Waals surface area contributed by atoms with E-state index in [0.717, 1.165) is 22.9 Å². The van der Waals surface area contributed by atoms with Crippen LogP contribution in [-0.4, -0.2) is 35.1 Å². The molecule has 1 aromatic carbocycles. The van der Waals surface area contributed by atoms with Crippen molar-refractivity contribution in [3.8, 4) is 0 Å². The molecule has 0 radical (unpaired) electrons. The molecule has 1 aliphatic rings. The highest BCUT2D eigenvalue weighted by Crippen LogP contribution is 2.50. The molecule has 0 aliphatic heterocycles. The largest absolute Gasteiger partial charge is 0.395 e. The zero-order valence-corrected chi connectivity index (χ0v) is 13.0. The van der Waals surface area contributed by atoms with Gasteiger partial charge in [-0.15, -0.1) is 0 Å². The van der Waals surface area contributed by atoms with E-state index in [1.165, 1.54) is 0 Å². The summed E-state index contributed by atoms with van der Waals surface area (Å²) < 4.78 is 1.02. The molecular formula is C15H20BrNO2. The Kier molecular flexibility index (Phi) is 4.31.